The molecule has 0 aliphatic rings. The number of aliphatic hydroxyl groups excluding tert-OH is 1. The number of nitrogens with one attached hydrogen (secondary N) is 1. The molecule has 16 heavy (non-hydrogen) atoms. The van der Waals surface area contributed by atoms with Crippen LogP contribution in [0.3, 0.4) is 0 Å². The highest BCUT2D eigenvalue weighted by Crippen LogP contribution is 2.06. The Bertz CT molecular complexity index is 284. The predicted octanol–water partition coefficient (Wildman–Crippen LogP) is 1.22. The van der Waals surface area contributed by atoms with E-state index in [2.05, 4.69) is 29.4 Å². The lowest BCUT2D eigenvalue weighted by Crippen LogP contribution is -2.22. The highest BCUT2D eigenvalue weighted by molar-refractivity contribution is 5.21. The molecule has 0 aliphatic heterocycles. The van der Waals surface area contributed by atoms with E-state index in [-0.39, 0.29) is 6.61 Å². The van der Waals surface area contributed by atoms with Gasteiger partial charge in [0.15, 0.2) is 0 Å². The van der Waals surface area contributed by atoms with Gasteiger partial charge < -0.3 is 15.3 Å². The maximum Gasteiger partial charge on any atom is 0.0681 e. The van der Waals surface area contributed by atoms with E-state index in [1.54, 1.807) is 0 Å². The Labute approximate surface area is 98.1 Å². The lowest BCUT2D eigenvalue weighted by molar-refractivity contribution is 0.281. The third kappa shape index (κ3) is 4.75. The fraction of sp³-hybridized carbons (Fsp3) is 0.538. The van der Waals surface area contributed by atoms with Crippen molar-refractivity contribution in [2.75, 3.05) is 27.2 Å². The van der Waals surface area contributed by atoms with Gasteiger partial charge in [0.2, 0.25) is 0 Å². The van der Waals surface area contributed by atoms with Gasteiger partial charge in [-0.3, -0.25) is 0 Å². The van der Waals surface area contributed by atoms with E-state index >= 15 is 0 Å². The van der Waals surface area contributed by atoms with Crippen LogP contribution in [0.15, 0.2) is 24.3 Å². The molecule has 0 aromatic heterocycles. The Morgan fingerprint density at radius 3 is 2.38 bits per heavy atom. The van der Waals surface area contributed by atoms with Crippen LogP contribution < -0.4 is 5.32 Å². The van der Waals surface area contributed by atoms with Gasteiger partial charge in [-0.2, -0.15) is 0 Å². The van der Waals surface area contributed by atoms with E-state index in [1.807, 2.05) is 19.2 Å². The van der Waals surface area contributed by atoms with Crippen molar-refractivity contribution in [3.8, 4) is 0 Å². The summed E-state index contributed by atoms with van der Waals surface area (Å²) >= 11 is 0. The third-order valence-electron chi connectivity index (χ3n) is 2.62. The van der Waals surface area contributed by atoms with Crippen LogP contribution in [0.1, 0.15) is 17.5 Å². The monoisotopic (exact) mass is 222 g/mol. The molecule has 0 saturated heterocycles. The van der Waals surface area contributed by atoms with Gasteiger partial charge in [-0.25, -0.2) is 0 Å². The maximum atomic E-state index is 8.94. The fourth-order valence-corrected chi connectivity index (χ4v) is 1.67. The minimum atomic E-state index is 0.123. The highest BCUT2D eigenvalue weighted by atomic mass is 16.3. The van der Waals surface area contributed by atoms with Crippen LogP contribution in [0.2, 0.25) is 0 Å². The van der Waals surface area contributed by atoms with Crippen LogP contribution in [-0.4, -0.2) is 37.2 Å². The second-order valence-electron chi connectivity index (χ2n) is 4.17. The summed E-state index contributed by atoms with van der Waals surface area (Å²) in [6, 6.07) is 8.13. The Balaban J connectivity index is 2.34. The van der Waals surface area contributed by atoms with Crippen LogP contribution in [0.4, 0.5) is 0 Å². The minimum absolute atomic E-state index is 0.123. The van der Waals surface area contributed by atoms with E-state index < -0.39 is 0 Å². The maximum absolute atomic E-state index is 8.94. The Morgan fingerprint density at radius 2 is 1.81 bits per heavy atom. The lowest BCUT2D eigenvalue weighted by atomic mass is 10.1. The van der Waals surface area contributed by atoms with E-state index in [0.29, 0.717) is 0 Å². The summed E-state index contributed by atoms with van der Waals surface area (Å²) < 4.78 is 0. The number of aliphatic hydroxyl groups is 1. The molecule has 0 fully saturated rings. The van der Waals surface area contributed by atoms with Crippen molar-refractivity contribution in [3.05, 3.63) is 35.4 Å². The average Bonchev–Trinajstić information content (AvgIpc) is 2.30. The fourth-order valence-electron chi connectivity index (χ4n) is 1.67. The first-order chi connectivity index (χ1) is 7.76. The van der Waals surface area contributed by atoms with Crippen molar-refractivity contribution in [1.82, 2.24) is 10.2 Å². The van der Waals surface area contributed by atoms with Crippen LogP contribution in [0, 0.1) is 0 Å². The predicted molar refractivity (Wildman–Crippen MR) is 67.2 cm³/mol. The standard InChI is InChI=1S/C13H22N2O/c1-14-8-3-9-15(2)10-12-4-6-13(11-16)7-5-12/h4-7,14,16H,3,8-11H2,1-2H3. The first kappa shape index (κ1) is 13.2. The molecule has 1 aromatic carbocycles. The van der Waals surface area contributed by atoms with Gasteiger partial charge >= 0.3 is 0 Å². The van der Waals surface area contributed by atoms with Crippen molar-refractivity contribution in [1.29, 1.82) is 0 Å². The molecule has 0 bridgehead atoms. The molecule has 1 aromatic rings. The van der Waals surface area contributed by atoms with Crippen molar-refractivity contribution in [2.45, 2.75) is 19.6 Å². The zero-order valence-corrected chi connectivity index (χ0v) is 10.2. The number of benzene rings is 1. The molecule has 0 amide bonds. The molecule has 90 valence electrons. The molecule has 0 saturated carbocycles. The van der Waals surface area contributed by atoms with Crippen LogP contribution in [-0.2, 0) is 13.2 Å². The second-order valence-corrected chi connectivity index (χ2v) is 4.17. The average molecular weight is 222 g/mol. The summed E-state index contributed by atoms with van der Waals surface area (Å²) in [7, 11) is 4.11. The molecular formula is C13H22N2O. The molecule has 2 N–H and O–H groups in total. The topological polar surface area (TPSA) is 35.5 Å². The molecule has 0 radical (unpaired) electrons. The summed E-state index contributed by atoms with van der Waals surface area (Å²) in [6.07, 6.45) is 1.17. The zero-order chi connectivity index (χ0) is 11.8. The third-order valence-corrected chi connectivity index (χ3v) is 2.62. The summed E-state index contributed by atoms with van der Waals surface area (Å²) in [4.78, 5) is 2.31. The SMILES string of the molecule is CNCCCN(C)Cc1ccc(CO)cc1. The second kappa shape index (κ2) is 7.39. The largest absolute Gasteiger partial charge is 0.392 e. The van der Waals surface area contributed by atoms with Gasteiger partial charge in [0.05, 0.1) is 6.61 Å². The van der Waals surface area contributed by atoms with E-state index in [0.717, 1.165) is 25.2 Å². The van der Waals surface area contributed by atoms with Gasteiger partial charge in [0.1, 0.15) is 0 Å². The minimum Gasteiger partial charge on any atom is -0.392 e. The number of hydrogen-bond donors (Lipinski definition) is 2. The molecule has 3 heteroatoms. The number of hydrogen-bond acceptors (Lipinski definition) is 3. The molecule has 0 aliphatic carbocycles. The van der Waals surface area contributed by atoms with Gasteiger partial charge in [0.25, 0.3) is 0 Å². The summed E-state index contributed by atoms with van der Waals surface area (Å²) in [6.45, 7) is 3.25. The molecule has 0 spiro atoms. The first-order valence-electron chi connectivity index (χ1n) is 5.78. The van der Waals surface area contributed by atoms with Crippen molar-refractivity contribution in [2.24, 2.45) is 0 Å². The molecular weight excluding hydrogens is 200 g/mol. The molecule has 0 heterocycles. The van der Waals surface area contributed by atoms with Crippen molar-refractivity contribution < 1.29 is 5.11 Å². The first-order valence-corrected chi connectivity index (χ1v) is 5.78. The smallest absolute Gasteiger partial charge is 0.0681 e. The highest BCUT2D eigenvalue weighted by Gasteiger charge is 2.00. The molecule has 0 unspecified atom stereocenters. The quantitative estimate of drug-likeness (QED) is 0.681. The van der Waals surface area contributed by atoms with Crippen molar-refractivity contribution in [3.63, 3.8) is 0 Å². The molecule has 0 atom stereocenters. The Hall–Kier alpha value is -0.900. The van der Waals surface area contributed by atoms with E-state index in [9.17, 15) is 0 Å². The summed E-state index contributed by atoms with van der Waals surface area (Å²) in [5, 5.41) is 12.1. The lowest BCUT2D eigenvalue weighted by Gasteiger charge is -2.16. The van der Waals surface area contributed by atoms with Gasteiger partial charge in [-0.05, 0) is 44.7 Å². The van der Waals surface area contributed by atoms with Crippen LogP contribution in [0.5, 0.6) is 0 Å². The summed E-state index contributed by atoms with van der Waals surface area (Å²) in [5.74, 6) is 0. The summed E-state index contributed by atoms with van der Waals surface area (Å²) in [5.41, 5.74) is 2.27. The normalized spacial score (nSPS) is 11.0. The Morgan fingerprint density at radius 1 is 1.19 bits per heavy atom. The number of rotatable bonds is 7. The van der Waals surface area contributed by atoms with Gasteiger partial charge in [-0.1, -0.05) is 24.3 Å². The van der Waals surface area contributed by atoms with E-state index in [1.165, 1.54) is 12.0 Å². The molecule has 1 rings (SSSR count). The van der Waals surface area contributed by atoms with Crippen LogP contribution in [0.25, 0.3) is 0 Å². The van der Waals surface area contributed by atoms with Gasteiger partial charge in [-0.15, -0.1) is 0 Å². The van der Waals surface area contributed by atoms with Crippen LogP contribution >= 0.6 is 0 Å². The zero-order valence-electron chi connectivity index (χ0n) is 10.2. The van der Waals surface area contributed by atoms with Crippen molar-refractivity contribution >= 4 is 0 Å². The Kier molecular flexibility index (Phi) is 6.08. The number of nitrogens with zero attached hydrogens (tertiary/aromatic N) is 1. The van der Waals surface area contributed by atoms with E-state index in [4.69, 9.17) is 5.11 Å². The van der Waals surface area contributed by atoms with Gasteiger partial charge in [0, 0.05) is 6.54 Å². The molecule has 3 nitrogen and oxygen atoms in total.